The zero-order valence-corrected chi connectivity index (χ0v) is 12.7. The SMILES string of the molecule is CCNc1cc(NC2CCCCCC2)nc(SC)n1. The second-order valence-corrected chi connectivity index (χ2v) is 5.76. The number of hydrogen-bond donors (Lipinski definition) is 2. The first-order chi connectivity index (χ1) is 9.31. The molecule has 0 bridgehead atoms. The molecule has 0 aliphatic heterocycles. The topological polar surface area (TPSA) is 49.8 Å². The van der Waals surface area contributed by atoms with Gasteiger partial charge in [-0.05, 0) is 26.0 Å². The van der Waals surface area contributed by atoms with Gasteiger partial charge in [-0.1, -0.05) is 37.4 Å². The molecule has 2 N–H and O–H groups in total. The number of rotatable bonds is 5. The molecule has 1 aliphatic rings. The maximum absolute atomic E-state index is 4.56. The second kappa shape index (κ2) is 7.58. The summed E-state index contributed by atoms with van der Waals surface area (Å²) in [7, 11) is 0. The smallest absolute Gasteiger partial charge is 0.191 e. The van der Waals surface area contributed by atoms with Crippen LogP contribution in [0.25, 0.3) is 0 Å². The van der Waals surface area contributed by atoms with Crippen LogP contribution < -0.4 is 10.6 Å². The fraction of sp³-hybridized carbons (Fsp3) is 0.714. The average Bonchev–Trinajstić information content (AvgIpc) is 2.67. The zero-order chi connectivity index (χ0) is 13.5. The standard InChI is InChI=1S/C14H24N4S/c1-3-15-12-10-13(18-14(17-12)19-2)16-11-8-6-4-5-7-9-11/h10-11H,3-9H2,1-2H3,(H2,15,16,17,18). The van der Waals surface area contributed by atoms with Gasteiger partial charge in [0.2, 0.25) is 0 Å². The molecule has 1 aromatic heterocycles. The van der Waals surface area contributed by atoms with Crippen molar-refractivity contribution in [3.8, 4) is 0 Å². The highest BCUT2D eigenvalue weighted by Gasteiger charge is 2.13. The molecule has 0 radical (unpaired) electrons. The molecule has 5 heteroatoms. The quantitative estimate of drug-likeness (QED) is 0.488. The second-order valence-electron chi connectivity index (χ2n) is 4.99. The first kappa shape index (κ1) is 14.4. The summed E-state index contributed by atoms with van der Waals surface area (Å²) in [5.74, 6) is 1.88. The summed E-state index contributed by atoms with van der Waals surface area (Å²) < 4.78 is 0. The molecule has 1 saturated carbocycles. The first-order valence-electron chi connectivity index (χ1n) is 7.25. The Balaban J connectivity index is 2.06. The summed E-state index contributed by atoms with van der Waals surface area (Å²) in [5.41, 5.74) is 0. The summed E-state index contributed by atoms with van der Waals surface area (Å²) in [4.78, 5) is 9.01. The number of nitrogens with zero attached hydrogens (tertiary/aromatic N) is 2. The van der Waals surface area contributed by atoms with E-state index in [0.717, 1.165) is 23.3 Å². The normalized spacial score (nSPS) is 16.9. The lowest BCUT2D eigenvalue weighted by atomic mass is 10.1. The molecule has 19 heavy (non-hydrogen) atoms. The molecule has 0 atom stereocenters. The van der Waals surface area contributed by atoms with E-state index in [-0.39, 0.29) is 0 Å². The van der Waals surface area contributed by atoms with E-state index >= 15 is 0 Å². The molecule has 0 spiro atoms. The van der Waals surface area contributed by atoms with Crippen molar-refractivity contribution in [2.24, 2.45) is 0 Å². The number of aromatic nitrogens is 2. The molecule has 1 aliphatic carbocycles. The van der Waals surface area contributed by atoms with Gasteiger partial charge in [0.1, 0.15) is 11.6 Å². The minimum absolute atomic E-state index is 0.571. The number of anilines is 2. The molecule has 1 fully saturated rings. The number of nitrogens with one attached hydrogen (secondary N) is 2. The summed E-state index contributed by atoms with van der Waals surface area (Å²) in [5, 5.41) is 7.69. The lowest BCUT2D eigenvalue weighted by molar-refractivity contribution is 0.616. The highest BCUT2D eigenvalue weighted by atomic mass is 32.2. The van der Waals surface area contributed by atoms with Crippen molar-refractivity contribution < 1.29 is 0 Å². The van der Waals surface area contributed by atoms with Crippen LogP contribution in [0.4, 0.5) is 11.6 Å². The molecule has 2 rings (SSSR count). The molecule has 1 aromatic rings. The summed E-state index contributed by atoms with van der Waals surface area (Å²) in [6, 6.07) is 2.59. The lowest BCUT2D eigenvalue weighted by Crippen LogP contribution is -2.19. The maximum atomic E-state index is 4.56. The third kappa shape index (κ3) is 4.56. The fourth-order valence-electron chi connectivity index (χ4n) is 2.49. The van der Waals surface area contributed by atoms with Crippen LogP contribution in [-0.4, -0.2) is 28.8 Å². The van der Waals surface area contributed by atoms with Gasteiger partial charge < -0.3 is 10.6 Å². The van der Waals surface area contributed by atoms with Gasteiger partial charge in [0, 0.05) is 18.7 Å². The van der Waals surface area contributed by atoms with Crippen LogP contribution >= 0.6 is 11.8 Å². The molecular weight excluding hydrogens is 256 g/mol. The Hall–Kier alpha value is -0.970. The Labute approximate surface area is 120 Å². The van der Waals surface area contributed by atoms with Crippen molar-refractivity contribution in [2.45, 2.75) is 56.6 Å². The Bertz CT molecular complexity index is 389. The van der Waals surface area contributed by atoms with Crippen molar-refractivity contribution in [3.63, 3.8) is 0 Å². The van der Waals surface area contributed by atoms with E-state index in [1.165, 1.54) is 38.5 Å². The monoisotopic (exact) mass is 280 g/mol. The minimum Gasteiger partial charge on any atom is -0.370 e. The van der Waals surface area contributed by atoms with E-state index < -0.39 is 0 Å². The molecular formula is C14H24N4S. The number of hydrogen-bond acceptors (Lipinski definition) is 5. The molecule has 0 amide bonds. The summed E-state index contributed by atoms with van der Waals surface area (Å²) in [6.07, 6.45) is 9.95. The predicted molar refractivity (Wildman–Crippen MR) is 83.1 cm³/mol. The van der Waals surface area contributed by atoms with Gasteiger partial charge >= 0.3 is 0 Å². The third-order valence-electron chi connectivity index (χ3n) is 3.45. The fourth-order valence-corrected chi connectivity index (χ4v) is 2.87. The molecule has 4 nitrogen and oxygen atoms in total. The van der Waals surface area contributed by atoms with Crippen molar-refractivity contribution in [2.75, 3.05) is 23.4 Å². The van der Waals surface area contributed by atoms with Crippen LogP contribution in [0.1, 0.15) is 45.4 Å². The van der Waals surface area contributed by atoms with Crippen molar-refractivity contribution in [1.29, 1.82) is 0 Å². The van der Waals surface area contributed by atoms with E-state index in [4.69, 9.17) is 0 Å². The van der Waals surface area contributed by atoms with Gasteiger partial charge in [0.05, 0.1) is 0 Å². The van der Waals surface area contributed by atoms with Crippen molar-refractivity contribution >= 4 is 23.4 Å². The Morgan fingerprint density at radius 2 is 1.84 bits per heavy atom. The van der Waals surface area contributed by atoms with Gasteiger partial charge in [-0.2, -0.15) is 0 Å². The van der Waals surface area contributed by atoms with Gasteiger partial charge in [0.15, 0.2) is 5.16 Å². The van der Waals surface area contributed by atoms with Crippen LogP contribution in [0.5, 0.6) is 0 Å². The lowest BCUT2D eigenvalue weighted by Gasteiger charge is -2.17. The Morgan fingerprint density at radius 3 is 2.47 bits per heavy atom. The largest absolute Gasteiger partial charge is 0.370 e. The molecule has 0 unspecified atom stereocenters. The van der Waals surface area contributed by atoms with E-state index in [2.05, 4.69) is 27.5 Å². The average molecular weight is 280 g/mol. The predicted octanol–water partition coefficient (Wildman–Crippen LogP) is 3.77. The first-order valence-corrected chi connectivity index (χ1v) is 8.47. The van der Waals surface area contributed by atoms with Gasteiger partial charge in [0.25, 0.3) is 0 Å². The zero-order valence-electron chi connectivity index (χ0n) is 11.9. The van der Waals surface area contributed by atoms with Gasteiger partial charge in [-0.3, -0.25) is 0 Å². The van der Waals surface area contributed by atoms with Gasteiger partial charge in [-0.25, -0.2) is 9.97 Å². The van der Waals surface area contributed by atoms with Crippen LogP contribution in [-0.2, 0) is 0 Å². The van der Waals surface area contributed by atoms with Crippen LogP contribution in [0, 0.1) is 0 Å². The van der Waals surface area contributed by atoms with Crippen LogP contribution in [0.15, 0.2) is 11.2 Å². The molecule has 0 saturated heterocycles. The van der Waals surface area contributed by atoms with E-state index in [1.807, 2.05) is 12.3 Å². The van der Waals surface area contributed by atoms with E-state index in [9.17, 15) is 0 Å². The molecule has 0 aromatic carbocycles. The third-order valence-corrected chi connectivity index (χ3v) is 4.00. The van der Waals surface area contributed by atoms with Gasteiger partial charge in [-0.15, -0.1) is 0 Å². The van der Waals surface area contributed by atoms with Crippen LogP contribution in [0.2, 0.25) is 0 Å². The highest BCUT2D eigenvalue weighted by molar-refractivity contribution is 7.98. The van der Waals surface area contributed by atoms with Crippen molar-refractivity contribution in [3.05, 3.63) is 6.07 Å². The summed E-state index contributed by atoms with van der Waals surface area (Å²) >= 11 is 1.59. The molecule has 1 heterocycles. The summed E-state index contributed by atoms with van der Waals surface area (Å²) in [6.45, 7) is 2.97. The van der Waals surface area contributed by atoms with E-state index in [1.54, 1.807) is 11.8 Å². The highest BCUT2D eigenvalue weighted by Crippen LogP contribution is 2.23. The van der Waals surface area contributed by atoms with E-state index in [0.29, 0.717) is 6.04 Å². The Morgan fingerprint density at radius 1 is 1.16 bits per heavy atom. The molecule has 106 valence electrons. The van der Waals surface area contributed by atoms with Crippen LogP contribution in [0.3, 0.4) is 0 Å². The maximum Gasteiger partial charge on any atom is 0.191 e. The Kier molecular flexibility index (Phi) is 5.76. The van der Waals surface area contributed by atoms with Crippen molar-refractivity contribution in [1.82, 2.24) is 9.97 Å². The number of thioether (sulfide) groups is 1. The minimum atomic E-state index is 0.571.